The first-order chi connectivity index (χ1) is 14.4. The van der Waals surface area contributed by atoms with Crippen molar-refractivity contribution >= 4 is 35.7 Å². The molecule has 1 aromatic carbocycles. The molecule has 4 aromatic rings. The Bertz CT molecular complexity index is 1200. The van der Waals surface area contributed by atoms with Gasteiger partial charge in [0.25, 0.3) is 0 Å². The highest BCUT2D eigenvalue weighted by molar-refractivity contribution is 5.82. The number of hydrogen-bond donors (Lipinski definition) is 4. The molecular formula is C18H18N12. The van der Waals surface area contributed by atoms with E-state index in [1.54, 1.807) is 6.21 Å². The van der Waals surface area contributed by atoms with Crippen LogP contribution in [-0.4, -0.2) is 40.7 Å². The van der Waals surface area contributed by atoms with Gasteiger partial charge in [0, 0.05) is 12.6 Å². The van der Waals surface area contributed by atoms with Gasteiger partial charge in [-0.1, -0.05) is 0 Å². The lowest BCUT2D eigenvalue weighted by Crippen LogP contribution is -2.06. The average Bonchev–Trinajstić information content (AvgIpc) is 3.06. The molecule has 0 aliphatic carbocycles. The highest BCUT2D eigenvalue weighted by Gasteiger charge is 2.11. The van der Waals surface area contributed by atoms with E-state index in [-0.39, 0.29) is 23.8 Å². The maximum atomic E-state index is 5.65. The zero-order valence-corrected chi connectivity index (χ0v) is 15.9. The van der Waals surface area contributed by atoms with Crippen LogP contribution in [0.4, 0.5) is 29.5 Å². The molecule has 0 amide bonds. The van der Waals surface area contributed by atoms with Crippen molar-refractivity contribution in [1.29, 1.82) is 0 Å². The van der Waals surface area contributed by atoms with Crippen molar-refractivity contribution in [1.82, 2.24) is 34.5 Å². The van der Waals surface area contributed by atoms with Crippen LogP contribution in [0.3, 0.4) is 0 Å². The Labute approximate surface area is 170 Å². The summed E-state index contributed by atoms with van der Waals surface area (Å²) in [5.41, 5.74) is 25.6. The number of nitrogens with two attached hydrogens (primary N) is 4. The second kappa shape index (κ2) is 7.43. The minimum absolute atomic E-state index is 0.0655. The molecule has 0 aliphatic rings. The smallest absolute Gasteiger partial charge is 0.225 e. The number of anilines is 4. The zero-order valence-electron chi connectivity index (χ0n) is 15.9. The highest BCUT2D eigenvalue weighted by Crippen LogP contribution is 2.22. The van der Waals surface area contributed by atoms with Crippen LogP contribution in [0.2, 0.25) is 0 Å². The van der Waals surface area contributed by atoms with Crippen molar-refractivity contribution in [3.63, 3.8) is 0 Å². The summed E-state index contributed by atoms with van der Waals surface area (Å²) >= 11 is 0. The van der Waals surface area contributed by atoms with Crippen molar-refractivity contribution in [2.75, 3.05) is 22.9 Å². The average molecular weight is 402 g/mol. The van der Waals surface area contributed by atoms with E-state index in [4.69, 9.17) is 22.9 Å². The highest BCUT2D eigenvalue weighted by atomic mass is 15.2. The third-order valence-corrected chi connectivity index (χ3v) is 4.20. The van der Waals surface area contributed by atoms with E-state index in [9.17, 15) is 0 Å². The molecule has 150 valence electrons. The van der Waals surface area contributed by atoms with Crippen molar-refractivity contribution in [2.24, 2.45) is 12.0 Å². The molecule has 12 heteroatoms. The van der Waals surface area contributed by atoms with E-state index in [0.29, 0.717) is 11.6 Å². The molecule has 0 unspecified atom stereocenters. The van der Waals surface area contributed by atoms with Gasteiger partial charge in [0.1, 0.15) is 0 Å². The number of nitrogens with zero attached hydrogens (tertiary/aromatic N) is 8. The summed E-state index contributed by atoms with van der Waals surface area (Å²) in [5, 5.41) is 0. The summed E-state index contributed by atoms with van der Waals surface area (Å²) in [7, 11) is 1.87. The molecule has 3 aromatic heterocycles. The van der Waals surface area contributed by atoms with Gasteiger partial charge in [-0.3, -0.25) is 4.99 Å². The third-order valence-electron chi connectivity index (χ3n) is 4.20. The van der Waals surface area contributed by atoms with E-state index < -0.39 is 0 Å². The minimum Gasteiger partial charge on any atom is -0.368 e. The number of aromatic nitrogens is 7. The van der Waals surface area contributed by atoms with Crippen LogP contribution in [0.15, 0.2) is 41.4 Å². The first-order valence-electron chi connectivity index (χ1n) is 8.73. The number of benzene rings is 1. The van der Waals surface area contributed by atoms with Crippen LogP contribution in [-0.2, 0) is 7.05 Å². The van der Waals surface area contributed by atoms with E-state index in [0.717, 1.165) is 22.6 Å². The number of aliphatic imine (C=N–C) groups is 1. The fraction of sp³-hybridized carbons (Fsp3) is 0.0556. The zero-order chi connectivity index (χ0) is 21.3. The molecule has 0 spiro atoms. The quantitative estimate of drug-likeness (QED) is 0.354. The van der Waals surface area contributed by atoms with Crippen molar-refractivity contribution in [2.45, 2.75) is 0 Å². The van der Waals surface area contributed by atoms with Gasteiger partial charge in [0.2, 0.25) is 23.8 Å². The Kier molecular flexibility index (Phi) is 4.64. The number of rotatable bonds is 4. The lowest BCUT2D eigenvalue weighted by molar-refractivity contribution is 0.909. The molecule has 0 radical (unpaired) electrons. The van der Waals surface area contributed by atoms with Gasteiger partial charge < -0.3 is 27.5 Å². The van der Waals surface area contributed by atoms with Gasteiger partial charge in [-0.05, 0) is 36.4 Å². The molecular weight excluding hydrogens is 384 g/mol. The van der Waals surface area contributed by atoms with Gasteiger partial charge in [0.05, 0.1) is 23.3 Å². The van der Waals surface area contributed by atoms with Gasteiger partial charge >= 0.3 is 0 Å². The Hall–Kier alpha value is -4.61. The second-order valence-corrected chi connectivity index (χ2v) is 6.26. The predicted molar refractivity (Wildman–Crippen MR) is 114 cm³/mol. The maximum absolute atomic E-state index is 5.65. The minimum atomic E-state index is 0.0655. The van der Waals surface area contributed by atoms with Gasteiger partial charge in [-0.25, -0.2) is 0 Å². The van der Waals surface area contributed by atoms with Crippen LogP contribution in [0.5, 0.6) is 0 Å². The first kappa shape index (κ1) is 18.7. The summed E-state index contributed by atoms with van der Waals surface area (Å²) in [5.74, 6) is 1.06. The lowest BCUT2D eigenvalue weighted by Gasteiger charge is -2.05. The largest absolute Gasteiger partial charge is 0.368 e. The molecule has 8 N–H and O–H groups in total. The van der Waals surface area contributed by atoms with Crippen molar-refractivity contribution in [3.8, 4) is 22.9 Å². The molecule has 4 rings (SSSR count). The van der Waals surface area contributed by atoms with Crippen molar-refractivity contribution in [3.05, 3.63) is 42.1 Å². The molecule has 0 fully saturated rings. The Balaban J connectivity index is 1.56. The monoisotopic (exact) mass is 402 g/mol. The topological polar surface area (TPSA) is 199 Å². The lowest BCUT2D eigenvalue weighted by atomic mass is 10.2. The van der Waals surface area contributed by atoms with Gasteiger partial charge in [0.15, 0.2) is 11.6 Å². The van der Waals surface area contributed by atoms with E-state index in [2.05, 4.69) is 34.9 Å². The predicted octanol–water partition coefficient (Wildman–Crippen LogP) is 0.808. The normalized spacial score (nSPS) is 11.2. The summed E-state index contributed by atoms with van der Waals surface area (Å²) < 4.78 is 1.88. The Morgan fingerprint density at radius 3 is 1.80 bits per heavy atom. The van der Waals surface area contributed by atoms with Crippen LogP contribution < -0.4 is 22.9 Å². The third kappa shape index (κ3) is 3.82. The Morgan fingerprint density at radius 1 is 0.700 bits per heavy atom. The van der Waals surface area contributed by atoms with Crippen LogP contribution in [0.1, 0.15) is 5.69 Å². The standard InChI is InChI=1S/C18H18N12/c1-30-11(6-7-12(30)14-26-17(21)29-18(22)27-14)8-23-10-4-2-9(3-5-10)13-24-15(19)28-16(20)25-13/h2-8H,1H3,(H4,19,20,24,25,28)(H4,21,22,26,27,29). The fourth-order valence-corrected chi connectivity index (χ4v) is 2.78. The molecule has 0 aliphatic heterocycles. The molecule has 0 saturated heterocycles. The molecule has 30 heavy (non-hydrogen) atoms. The fourth-order valence-electron chi connectivity index (χ4n) is 2.78. The summed E-state index contributed by atoms with van der Waals surface area (Å²) in [6, 6.07) is 11.1. The van der Waals surface area contributed by atoms with E-state index in [1.807, 2.05) is 48.0 Å². The molecule has 0 atom stereocenters. The summed E-state index contributed by atoms with van der Waals surface area (Å²) in [4.78, 5) is 28.5. The van der Waals surface area contributed by atoms with Gasteiger partial charge in [-0.15, -0.1) is 0 Å². The van der Waals surface area contributed by atoms with Crippen molar-refractivity contribution < 1.29 is 0 Å². The molecule has 12 nitrogen and oxygen atoms in total. The molecule has 0 saturated carbocycles. The number of nitrogen functional groups attached to an aromatic ring is 4. The molecule has 3 heterocycles. The van der Waals surface area contributed by atoms with E-state index >= 15 is 0 Å². The maximum Gasteiger partial charge on any atom is 0.225 e. The second-order valence-electron chi connectivity index (χ2n) is 6.26. The van der Waals surface area contributed by atoms with E-state index in [1.165, 1.54) is 0 Å². The van der Waals surface area contributed by atoms with Crippen LogP contribution >= 0.6 is 0 Å². The van der Waals surface area contributed by atoms with Crippen LogP contribution in [0, 0.1) is 0 Å². The summed E-state index contributed by atoms with van der Waals surface area (Å²) in [6.45, 7) is 0. The first-order valence-corrected chi connectivity index (χ1v) is 8.73. The summed E-state index contributed by atoms with van der Waals surface area (Å²) in [6.07, 6.45) is 1.73. The molecule has 0 bridgehead atoms. The van der Waals surface area contributed by atoms with Gasteiger partial charge in [-0.2, -0.15) is 29.9 Å². The van der Waals surface area contributed by atoms with Crippen LogP contribution in [0.25, 0.3) is 22.9 Å². The SMILES string of the molecule is Cn1c(C=Nc2ccc(-c3nc(N)nc(N)n3)cc2)ccc1-c1nc(N)nc(N)n1. The number of hydrogen-bond acceptors (Lipinski definition) is 11. The Morgan fingerprint density at radius 2 is 1.23 bits per heavy atom.